The predicted molar refractivity (Wildman–Crippen MR) is 127 cm³/mol. The molecule has 1 heterocycles. The van der Waals surface area contributed by atoms with Crippen LogP contribution in [0.15, 0.2) is 36.7 Å². The second kappa shape index (κ2) is 14.8. The highest BCUT2D eigenvalue weighted by Gasteiger charge is 2.03. The molecule has 4 heteroatoms. The van der Waals surface area contributed by atoms with Crippen molar-refractivity contribution >= 4 is 22.6 Å². The number of halogens is 1. The van der Waals surface area contributed by atoms with Crippen LogP contribution in [0.2, 0.25) is 0 Å². The van der Waals surface area contributed by atoms with Crippen molar-refractivity contribution < 1.29 is 4.74 Å². The zero-order chi connectivity index (χ0) is 19.9. The Morgan fingerprint density at radius 1 is 0.786 bits per heavy atom. The Labute approximate surface area is 184 Å². The Bertz CT molecular complexity index is 571. The molecule has 0 fully saturated rings. The molecule has 3 nitrogen and oxygen atoms in total. The first-order chi connectivity index (χ1) is 13.8. The molecule has 0 saturated carbocycles. The van der Waals surface area contributed by atoms with Crippen LogP contribution in [-0.4, -0.2) is 21.0 Å². The van der Waals surface area contributed by atoms with Crippen LogP contribution >= 0.6 is 22.6 Å². The lowest BCUT2D eigenvalue weighted by atomic mass is 10.1. The summed E-state index contributed by atoms with van der Waals surface area (Å²) in [6, 6.07) is 8.14. The third-order valence-corrected chi connectivity index (χ3v) is 5.70. The average Bonchev–Trinajstić information content (AvgIpc) is 2.74. The lowest BCUT2D eigenvalue weighted by molar-refractivity contribution is 0.305. The van der Waals surface area contributed by atoms with Crippen LogP contribution in [0, 0.1) is 0 Å². The molecule has 0 bridgehead atoms. The van der Waals surface area contributed by atoms with E-state index in [0.717, 1.165) is 36.6 Å². The number of aryl methyl sites for hydroxylation is 1. The molecule has 1 aromatic carbocycles. The third kappa shape index (κ3) is 9.35. The van der Waals surface area contributed by atoms with Crippen LogP contribution in [0.4, 0.5) is 0 Å². The van der Waals surface area contributed by atoms with Gasteiger partial charge in [-0.05, 0) is 59.9 Å². The van der Waals surface area contributed by atoms with Crippen LogP contribution in [0.1, 0.15) is 76.7 Å². The molecule has 0 saturated heterocycles. The molecule has 154 valence electrons. The number of hydrogen-bond acceptors (Lipinski definition) is 3. The van der Waals surface area contributed by atoms with Crippen molar-refractivity contribution in [2.24, 2.45) is 0 Å². The fourth-order valence-electron chi connectivity index (χ4n) is 3.18. The normalized spacial score (nSPS) is 10.9. The van der Waals surface area contributed by atoms with E-state index in [4.69, 9.17) is 4.74 Å². The number of aromatic nitrogens is 2. The van der Waals surface area contributed by atoms with Crippen LogP contribution in [0.3, 0.4) is 0 Å². The maximum Gasteiger partial charge on any atom is 0.159 e. The van der Waals surface area contributed by atoms with Crippen LogP contribution in [-0.2, 0) is 6.42 Å². The van der Waals surface area contributed by atoms with Crippen LogP contribution < -0.4 is 4.74 Å². The van der Waals surface area contributed by atoms with Crippen molar-refractivity contribution in [2.45, 2.75) is 77.6 Å². The van der Waals surface area contributed by atoms with Gasteiger partial charge in [0.2, 0.25) is 0 Å². The molecular weight excluding hydrogens is 459 g/mol. The molecular formula is C24H35IN2O. The fourth-order valence-corrected chi connectivity index (χ4v) is 3.72. The van der Waals surface area contributed by atoms with Crippen LogP contribution in [0.25, 0.3) is 11.4 Å². The Hall–Kier alpha value is -1.17. The summed E-state index contributed by atoms with van der Waals surface area (Å²) in [6.45, 7) is 3.05. The summed E-state index contributed by atoms with van der Waals surface area (Å²) in [6.07, 6.45) is 18.0. The van der Waals surface area contributed by atoms with Gasteiger partial charge in [-0.2, -0.15) is 0 Å². The van der Waals surface area contributed by atoms with E-state index < -0.39 is 0 Å². The van der Waals surface area contributed by atoms with Crippen LogP contribution in [0.5, 0.6) is 5.75 Å². The molecule has 2 rings (SSSR count). The first-order valence-corrected chi connectivity index (χ1v) is 12.5. The Morgan fingerprint density at radius 3 is 2.14 bits per heavy atom. The second-order valence-electron chi connectivity index (χ2n) is 7.41. The van der Waals surface area contributed by atoms with E-state index in [2.05, 4.69) is 39.5 Å². The van der Waals surface area contributed by atoms with Crippen molar-refractivity contribution in [1.82, 2.24) is 9.97 Å². The zero-order valence-corrected chi connectivity index (χ0v) is 19.5. The minimum absolute atomic E-state index is 0.789. The predicted octanol–water partition coefficient (Wildman–Crippen LogP) is 7.42. The summed E-state index contributed by atoms with van der Waals surface area (Å²) < 4.78 is 7.09. The zero-order valence-electron chi connectivity index (χ0n) is 17.3. The maximum atomic E-state index is 5.83. The molecule has 0 atom stereocenters. The Morgan fingerprint density at radius 2 is 1.43 bits per heavy atom. The molecule has 28 heavy (non-hydrogen) atoms. The van der Waals surface area contributed by atoms with Gasteiger partial charge in [0.25, 0.3) is 0 Å². The van der Waals surface area contributed by atoms with Crippen molar-refractivity contribution in [3.05, 3.63) is 42.2 Å². The van der Waals surface area contributed by atoms with Crippen molar-refractivity contribution in [1.29, 1.82) is 0 Å². The smallest absolute Gasteiger partial charge is 0.159 e. The molecule has 0 N–H and O–H groups in total. The van der Waals surface area contributed by atoms with Gasteiger partial charge in [0, 0.05) is 18.0 Å². The maximum absolute atomic E-state index is 5.83. The minimum atomic E-state index is 0.789. The number of benzene rings is 1. The topological polar surface area (TPSA) is 35.0 Å². The molecule has 0 radical (unpaired) electrons. The highest BCUT2D eigenvalue weighted by molar-refractivity contribution is 14.1. The quantitative estimate of drug-likeness (QED) is 0.147. The van der Waals surface area contributed by atoms with E-state index in [1.165, 1.54) is 67.8 Å². The summed E-state index contributed by atoms with van der Waals surface area (Å²) in [4.78, 5) is 9.12. The molecule has 0 amide bonds. The molecule has 0 aliphatic carbocycles. The summed E-state index contributed by atoms with van der Waals surface area (Å²) in [5, 5.41) is 0. The van der Waals surface area contributed by atoms with E-state index in [1.807, 2.05) is 36.7 Å². The third-order valence-electron chi connectivity index (χ3n) is 4.93. The first kappa shape index (κ1) is 23.1. The molecule has 1 aromatic heterocycles. The van der Waals surface area contributed by atoms with Gasteiger partial charge in [-0.15, -0.1) is 0 Å². The molecule has 0 spiro atoms. The highest BCUT2D eigenvalue weighted by atomic mass is 127. The SMILES string of the molecule is CCCCCCCCc1cnc(-c2ccc(OCCCCCCI)cc2)nc1. The van der Waals surface area contributed by atoms with Crippen molar-refractivity contribution in [3.8, 4) is 17.1 Å². The van der Waals surface area contributed by atoms with Crippen molar-refractivity contribution in [2.75, 3.05) is 11.0 Å². The van der Waals surface area contributed by atoms with E-state index in [9.17, 15) is 0 Å². The number of ether oxygens (including phenoxy) is 1. The van der Waals surface area contributed by atoms with E-state index in [-0.39, 0.29) is 0 Å². The van der Waals surface area contributed by atoms with Gasteiger partial charge in [-0.25, -0.2) is 9.97 Å². The second-order valence-corrected chi connectivity index (χ2v) is 8.49. The first-order valence-electron chi connectivity index (χ1n) is 10.9. The Kier molecular flexibility index (Phi) is 12.2. The fraction of sp³-hybridized carbons (Fsp3) is 0.583. The van der Waals surface area contributed by atoms with Gasteiger partial charge in [0.15, 0.2) is 5.82 Å². The van der Waals surface area contributed by atoms with Gasteiger partial charge >= 0.3 is 0 Å². The number of alkyl halides is 1. The lowest BCUT2D eigenvalue weighted by Gasteiger charge is -2.07. The molecule has 2 aromatic rings. The van der Waals surface area contributed by atoms with Gasteiger partial charge in [0.1, 0.15) is 5.75 Å². The summed E-state index contributed by atoms with van der Waals surface area (Å²) >= 11 is 2.44. The molecule has 0 aliphatic heterocycles. The number of unbranched alkanes of at least 4 members (excludes halogenated alkanes) is 8. The highest BCUT2D eigenvalue weighted by Crippen LogP contribution is 2.20. The summed E-state index contributed by atoms with van der Waals surface area (Å²) in [5.74, 6) is 1.72. The number of nitrogens with zero attached hydrogens (tertiary/aromatic N) is 2. The monoisotopic (exact) mass is 494 g/mol. The van der Waals surface area contributed by atoms with Gasteiger partial charge in [-0.3, -0.25) is 0 Å². The number of rotatable bonds is 15. The average molecular weight is 494 g/mol. The van der Waals surface area contributed by atoms with Gasteiger partial charge < -0.3 is 4.74 Å². The largest absolute Gasteiger partial charge is 0.494 e. The summed E-state index contributed by atoms with van der Waals surface area (Å²) in [7, 11) is 0. The summed E-state index contributed by atoms with van der Waals surface area (Å²) in [5.41, 5.74) is 2.28. The Balaban J connectivity index is 1.71. The minimum Gasteiger partial charge on any atom is -0.494 e. The number of hydrogen-bond donors (Lipinski definition) is 0. The van der Waals surface area contributed by atoms with Gasteiger partial charge in [-0.1, -0.05) is 74.5 Å². The standard InChI is InChI=1S/C24H35IN2O/c1-2-3-4-5-6-9-12-21-19-26-24(27-20-21)22-13-15-23(16-14-22)28-18-11-8-7-10-17-25/h13-16,19-20H,2-12,17-18H2,1H3. The lowest BCUT2D eigenvalue weighted by Crippen LogP contribution is -1.97. The van der Waals surface area contributed by atoms with E-state index in [0.29, 0.717) is 0 Å². The van der Waals surface area contributed by atoms with Crippen molar-refractivity contribution in [3.63, 3.8) is 0 Å². The molecule has 0 unspecified atom stereocenters. The van der Waals surface area contributed by atoms with E-state index >= 15 is 0 Å². The van der Waals surface area contributed by atoms with Gasteiger partial charge in [0.05, 0.1) is 6.61 Å². The molecule has 0 aliphatic rings. The van der Waals surface area contributed by atoms with E-state index in [1.54, 1.807) is 0 Å².